The lowest BCUT2D eigenvalue weighted by molar-refractivity contribution is 0.135. The molecule has 1 aromatic rings. The van der Waals surface area contributed by atoms with Crippen molar-refractivity contribution in [1.29, 1.82) is 0 Å². The fraction of sp³-hybridized carbons (Fsp3) is 0.538. The highest BCUT2D eigenvalue weighted by Crippen LogP contribution is 2.25. The van der Waals surface area contributed by atoms with Crippen LogP contribution in [-0.2, 0) is 0 Å². The van der Waals surface area contributed by atoms with Crippen LogP contribution in [0.15, 0.2) is 29.4 Å². The zero-order valence-electron chi connectivity index (χ0n) is 10.8. The lowest BCUT2D eigenvalue weighted by Crippen LogP contribution is -2.20. The van der Waals surface area contributed by atoms with Gasteiger partial charge >= 0.3 is 0 Å². The van der Waals surface area contributed by atoms with Gasteiger partial charge in [-0.3, -0.25) is 0 Å². The molecule has 0 aliphatic rings. The smallest absolute Gasteiger partial charge is 0.118 e. The molecule has 1 N–H and O–H groups in total. The van der Waals surface area contributed by atoms with Gasteiger partial charge in [-0.2, -0.15) is 0 Å². The summed E-state index contributed by atoms with van der Waals surface area (Å²) in [6.45, 7) is 2.28. The van der Waals surface area contributed by atoms with E-state index in [9.17, 15) is 5.11 Å². The van der Waals surface area contributed by atoms with Gasteiger partial charge in [-0.05, 0) is 29.6 Å². The first-order valence-electron chi connectivity index (χ1n) is 6.05. The van der Waals surface area contributed by atoms with Crippen LogP contribution in [0.25, 0.3) is 10.4 Å². The first-order chi connectivity index (χ1) is 8.72. The Morgan fingerprint density at radius 3 is 2.56 bits per heavy atom. The van der Waals surface area contributed by atoms with Gasteiger partial charge in [0.05, 0.1) is 13.2 Å². The summed E-state index contributed by atoms with van der Waals surface area (Å²) in [5, 5.41) is 13.7. The maximum absolute atomic E-state index is 10.1. The Balaban J connectivity index is 2.88. The normalized spacial score (nSPS) is 13.5. The van der Waals surface area contributed by atoms with Crippen molar-refractivity contribution in [2.45, 2.75) is 31.8 Å². The zero-order chi connectivity index (χ0) is 13.4. The monoisotopic (exact) mass is 249 g/mol. The average molecular weight is 249 g/mol. The van der Waals surface area contributed by atoms with E-state index < -0.39 is 6.10 Å². The van der Waals surface area contributed by atoms with Crippen molar-refractivity contribution in [3.05, 3.63) is 40.3 Å². The molecule has 1 aromatic carbocycles. The van der Waals surface area contributed by atoms with Crippen molar-refractivity contribution < 1.29 is 9.84 Å². The van der Waals surface area contributed by atoms with E-state index in [0.717, 1.165) is 17.7 Å². The Kier molecular flexibility index (Phi) is 6.05. The van der Waals surface area contributed by atoms with E-state index >= 15 is 0 Å². The Hall–Kier alpha value is -1.71. The van der Waals surface area contributed by atoms with Crippen LogP contribution in [0.3, 0.4) is 0 Å². The number of benzene rings is 1. The third-order valence-corrected chi connectivity index (χ3v) is 2.93. The van der Waals surface area contributed by atoms with Crippen LogP contribution in [-0.4, -0.2) is 24.9 Å². The Bertz CT molecular complexity index is 399. The summed E-state index contributed by atoms with van der Waals surface area (Å²) in [5.41, 5.74) is 9.37. The topological polar surface area (TPSA) is 78.2 Å². The van der Waals surface area contributed by atoms with Gasteiger partial charge in [0.1, 0.15) is 5.75 Å². The van der Waals surface area contributed by atoms with Crippen LogP contribution < -0.4 is 4.74 Å². The maximum Gasteiger partial charge on any atom is 0.118 e. The molecular formula is C13H19N3O2. The molecule has 0 saturated heterocycles. The van der Waals surface area contributed by atoms with Crippen molar-refractivity contribution in [3.63, 3.8) is 0 Å². The van der Waals surface area contributed by atoms with Crippen molar-refractivity contribution in [2.24, 2.45) is 5.11 Å². The molecule has 5 heteroatoms. The summed E-state index contributed by atoms with van der Waals surface area (Å²) in [4.78, 5) is 2.77. The fourth-order valence-electron chi connectivity index (χ4n) is 1.92. The highest BCUT2D eigenvalue weighted by Gasteiger charge is 2.19. The van der Waals surface area contributed by atoms with Crippen LogP contribution in [0.2, 0.25) is 0 Å². The molecule has 18 heavy (non-hydrogen) atoms. The van der Waals surface area contributed by atoms with E-state index in [1.54, 1.807) is 7.11 Å². The second-order valence-electron chi connectivity index (χ2n) is 4.15. The van der Waals surface area contributed by atoms with Crippen LogP contribution in [0.5, 0.6) is 5.75 Å². The van der Waals surface area contributed by atoms with Gasteiger partial charge in [-0.25, -0.2) is 0 Å². The Morgan fingerprint density at radius 2 is 2.06 bits per heavy atom. The van der Waals surface area contributed by atoms with E-state index in [4.69, 9.17) is 10.3 Å². The molecule has 2 atom stereocenters. The number of ether oxygens (including phenoxy) is 1. The molecule has 0 bridgehead atoms. The van der Waals surface area contributed by atoms with E-state index in [-0.39, 0.29) is 12.5 Å². The van der Waals surface area contributed by atoms with Crippen molar-refractivity contribution in [3.8, 4) is 5.75 Å². The van der Waals surface area contributed by atoms with Gasteiger partial charge in [-0.15, -0.1) is 0 Å². The quantitative estimate of drug-likeness (QED) is 0.457. The number of hydrogen-bond donors (Lipinski definition) is 1. The van der Waals surface area contributed by atoms with Gasteiger partial charge in [0, 0.05) is 17.4 Å². The number of azide groups is 1. The SMILES string of the molecule is CCC[C@@H](O)[C@H](CN=[N+]=[N-])c1ccc(OC)cc1. The second-order valence-corrected chi connectivity index (χ2v) is 4.15. The lowest BCUT2D eigenvalue weighted by atomic mass is 9.91. The number of nitrogens with zero attached hydrogens (tertiary/aromatic N) is 3. The second kappa shape index (κ2) is 7.58. The van der Waals surface area contributed by atoms with Crippen LogP contribution >= 0.6 is 0 Å². The van der Waals surface area contributed by atoms with Crippen molar-refractivity contribution >= 4 is 0 Å². The van der Waals surface area contributed by atoms with Gasteiger partial charge in [-0.1, -0.05) is 30.6 Å². The van der Waals surface area contributed by atoms with E-state index in [1.165, 1.54) is 0 Å². The van der Waals surface area contributed by atoms with Gasteiger partial charge in [0.25, 0.3) is 0 Å². The molecule has 98 valence electrons. The third-order valence-electron chi connectivity index (χ3n) is 2.93. The molecule has 0 heterocycles. The predicted molar refractivity (Wildman–Crippen MR) is 70.7 cm³/mol. The molecule has 1 rings (SSSR count). The summed E-state index contributed by atoms with van der Waals surface area (Å²) in [7, 11) is 1.61. The summed E-state index contributed by atoms with van der Waals surface area (Å²) >= 11 is 0. The summed E-state index contributed by atoms with van der Waals surface area (Å²) in [6.07, 6.45) is 1.09. The number of hydrogen-bond acceptors (Lipinski definition) is 3. The van der Waals surface area contributed by atoms with Crippen LogP contribution in [0, 0.1) is 0 Å². The average Bonchev–Trinajstić information content (AvgIpc) is 2.40. The molecule has 5 nitrogen and oxygen atoms in total. The van der Waals surface area contributed by atoms with E-state index in [2.05, 4.69) is 10.0 Å². The minimum absolute atomic E-state index is 0.160. The minimum Gasteiger partial charge on any atom is -0.497 e. The highest BCUT2D eigenvalue weighted by atomic mass is 16.5. The van der Waals surface area contributed by atoms with E-state index in [1.807, 2.05) is 31.2 Å². The third kappa shape index (κ3) is 3.95. The standard InChI is InChI=1S/C13H19N3O2/c1-3-4-13(17)12(9-15-16-14)10-5-7-11(18-2)8-6-10/h5-8,12-13,17H,3-4,9H2,1-2H3/t12-,13-/m1/s1. The predicted octanol–water partition coefficient (Wildman–Crippen LogP) is 3.25. The number of aliphatic hydroxyl groups is 1. The molecule has 0 spiro atoms. The Morgan fingerprint density at radius 1 is 1.39 bits per heavy atom. The molecule has 0 aliphatic heterocycles. The van der Waals surface area contributed by atoms with Crippen molar-refractivity contribution in [2.75, 3.05) is 13.7 Å². The van der Waals surface area contributed by atoms with Gasteiger partial charge in [0.15, 0.2) is 0 Å². The molecule has 0 saturated carbocycles. The molecule has 0 fully saturated rings. The van der Waals surface area contributed by atoms with Crippen molar-refractivity contribution in [1.82, 2.24) is 0 Å². The number of rotatable bonds is 7. The molecule has 0 unspecified atom stereocenters. The Labute approximate surface area is 107 Å². The molecule has 0 aromatic heterocycles. The maximum atomic E-state index is 10.1. The zero-order valence-corrected chi connectivity index (χ0v) is 10.8. The minimum atomic E-state index is -0.492. The fourth-order valence-corrected chi connectivity index (χ4v) is 1.92. The summed E-state index contributed by atoms with van der Waals surface area (Å²) in [5.74, 6) is 0.609. The number of methoxy groups -OCH3 is 1. The largest absolute Gasteiger partial charge is 0.497 e. The number of aliphatic hydroxyl groups excluding tert-OH is 1. The first-order valence-corrected chi connectivity index (χ1v) is 6.05. The van der Waals surface area contributed by atoms with Gasteiger partial charge in [0.2, 0.25) is 0 Å². The first kappa shape index (κ1) is 14.4. The van der Waals surface area contributed by atoms with E-state index in [0.29, 0.717) is 6.42 Å². The molecule has 0 radical (unpaired) electrons. The van der Waals surface area contributed by atoms with Crippen LogP contribution in [0.4, 0.5) is 0 Å². The molecular weight excluding hydrogens is 230 g/mol. The van der Waals surface area contributed by atoms with Crippen LogP contribution in [0.1, 0.15) is 31.2 Å². The van der Waals surface area contributed by atoms with Gasteiger partial charge < -0.3 is 9.84 Å². The lowest BCUT2D eigenvalue weighted by Gasteiger charge is -2.21. The summed E-state index contributed by atoms with van der Waals surface area (Å²) in [6, 6.07) is 7.48. The molecule has 0 aliphatic carbocycles. The highest BCUT2D eigenvalue weighted by molar-refractivity contribution is 5.30. The molecule has 0 amide bonds. The summed E-state index contributed by atoms with van der Waals surface area (Å²) < 4.78 is 5.09.